The largest absolute Gasteiger partial charge is 0.367 e. The van der Waals surface area contributed by atoms with Gasteiger partial charge in [-0.3, -0.25) is 4.90 Å². The number of halogens is 1. The molecule has 5 rings (SSSR count). The average molecular weight is 456 g/mol. The van der Waals surface area contributed by atoms with Crippen LogP contribution in [0.25, 0.3) is 23.0 Å². The summed E-state index contributed by atoms with van der Waals surface area (Å²) in [5.41, 5.74) is 4.96. The first-order valence-corrected chi connectivity index (χ1v) is 11.9. The monoisotopic (exact) mass is 455 g/mol. The SMILES string of the molecule is Bc1cnn2c(NC3CCN(C/C=C/c4ccccc4)CC3)cc(-c3ccccc3Cl)nc12. The second-order valence-corrected chi connectivity index (χ2v) is 9.01. The molecular formula is C26H27BClN5. The van der Waals surface area contributed by atoms with Gasteiger partial charge in [-0.15, -0.1) is 0 Å². The Morgan fingerprint density at radius 3 is 2.61 bits per heavy atom. The Hall–Kier alpha value is -3.09. The van der Waals surface area contributed by atoms with E-state index in [1.165, 1.54) is 5.56 Å². The number of piperidine rings is 1. The van der Waals surface area contributed by atoms with Gasteiger partial charge in [0.05, 0.1) is 5.69 Å². The van der Waals surface area contributed by atoms with E-state index in [0.717, 1.165) is 60.7 Å². The number of likely N-dealkylation sites (tertiary alicyclic amines) is 1. The first-order chi connectivity index (χ1) is 16.2. The summed E-state index contributed by atoms with van der Waals surface area (Å²) in [6.45, 7) is 3.12. The van der Waals surface area contributed by atoms with Crippen molar-refractivity contribution in [2.45, 2.75) is 18.9 Å². The summed E-state index contributed by atoms with van der Waals surface area (Å²) >= 11 is 6.47. The van der Waals surface area contributed by atoms with Crippen molar-refractivity contribution in [3.8, 4) is 11.3 Å². The zero-order valence-corrected chi connectivity index (χ0v) is 19.5. The molecule has 1 N–H and O–H groups in total. The minimum atomic E-state index is 0.397. The van der Waals surface area contributed by atoms with E-state index in [1.54, 1.807) is 0 Å². The minimum absolute atomic E-state index is 0.397. The molecule has 0 amide bonds. The smallest absolute Gasteiger partial charge is 0.151 e. The number of hydrogen-bond donors (Lipinski definition) is 1. The Kier molecular flexibility index (Phi) is 6.47. The summed E-state index contributed by atoms with van der Waals surface area (Å²) in [4.78, 5) is 7.36. The van der Waals surface area contributed by atoms with E-state index < -0.39 is 0 Å². The zero-order chi connectivity index (χ0) is 22.6. The molecule has 3 heterocycles. The van der Waals surface area contributed by atoms with Crippen LogP contribution in [0.3, 0.4) is 0 Å². The molecule has 166 valence electrons. The maximum Gasteiger partial charge on any atom is 0.151 e. The summed E-state index contributed by atoms with van der Waals surface area (Å²) in [7, 11) is 2.04. The van der Waals surface area contributed by atoms with Crippen LogP contribution in [-0.4, -0.2) is 53.0 Å². The summed E-state index contributed by atoms with van der Waals surface area (Å²) < 4.78 is 1.91. The predicted octanol–water partition coefficient (Wildman–Crippen LogP) is 3.90. The highest BCUT2D eigenvalue weighted by molar-refractivity contribution is 6.36. The van der Waals surface area contributed by atoms with E-state index >= 15 is 0 Å². The highest BCUT2D eigenvalue weighted by atomic mass is 35.5. The first kappa shape index (κ1) is 21.7. The van der Waals surface area contributed by atoms with Crippen molar-refractivity contribution in [2.24, 2.45) is 0 Å². The molecule has 0 spiro atoms. The predicted molar refractivity (Wildman–Crippen MR) is 140 cm³/mol. The lowest BCUT2D eigenvalue weighted by atomic mass is 10.0. The van der Waals surface area contributed by atoms with Crippen molar-refractivity contribution in [2.75, 3.05) is 25.0 Å². The Labute approximate surface area is 200 Å². The lowest BCUT2D eigenvalue weighted by Crippen LogP contribution is -2.39. The van der Waals surface area contributed by atoms with Crippen LogP contribution in [0, 0.1) is 0 Å². The summed E-state index contributed by atoms with van der Waals surface area (Å²) in [5, 5.41) is 9.01. The Morgan fingerprint density at radius 1 is 1.06 bits per heavy atom. The van der Waals surface area contributed by atoms with Gasteiger partial charge in [0.15, 0.2) is 5.65 Å². The molecule has 1 aliphatic rings. The lowest BCUT2D eigenvalue weighted by Gasteiger charge is -2.32. The lowest BCUT2D eigenvalue weighted by molar-refractivity contribution is 0.240. The number of anilines is 1. The van der Waals surface area contributed by atoms with Gasteiger partial charge in [0.2, 0.25) is 0 Å². The molecule has 0 atom stereocenters. The van der Waals surface area contributed by atoms with Crippen molar-refractivity contribution < 1.29 is 0 Å². The van der Waals surface area contributed by atoms with Gasteiger partial charge in [-0.1, -0.05) is 72.3 Å². The molecule has 2 aromatic heterocycles. The van der Waals surface area contributed by atoms with E-state index in [9.17, 15) is 0 Å². The van der Waals surface area contributed by atoms with Crippen molar-refractivity contribution in [3.05, 3.63) is 83.5 Å². The molecule has 1 fully saturated rings. The standard InChI is InChI=1S/C26H27BClN5/c27-22-18-29-33-25(17-24(31-26(22)33)21-10-4-5-11-23(21)28)30-20-12-15-32(16-13-20)14-6-9-19-7-2-1-3-8-19/h1-11,17-18,20,30H,12-16,27H2/b9-6+. The Morgan fingerprint density at radius 2 is 1.82 bits per heavy atom. The molecule has 33 heavy (non-hydrogen) atoms. The number of rotatable bonds is 6. The zero-order valence-electron chi connectivity index (χ0n) is 18.8. The molecule has 4 aromatic rings. The number of fused-ring (bicyclic) bond motifs is 1. The Bertz CT molecular complexity index is 1260. The fourth-order valence-corrected chi connectivity index (χ4v) is 4.59. The molecule has 2 aromatic carbocycles. The van der Waals surface area contributed by atoms with Crippen molar-refractivity contribution in [1.82, 2.24) is 19.5 Å². The third kappa shape index (κ3) is 4.97. The van der Waals surface area contributed by atoms with Crippen molar-refractivity contribution in [1.29, 1.82) is 0 Å². The van der Waals surface area contributed by atoms with E-state index in [2.05, 4.69) is 57.8 Å². The van der Waals surface area contributed by atoms with E-state index in [4.69, 9.17) is 16.6 Å². The second kappa shape index (κ2) is 9.81. The third-order valence-corrected chi connectivity index (χ3v) is 6.54. The average Bonchev–Trinajstić information content (AvgIpc) is 3.22. The molecule has 0 saturated carbocycles. The molecule has 0 aliphatic carbocycles. The van der Waals surface area contributed by atoms with Gasteiger partial charge < -0.3 is 5.32 Å². The normalized spacial score (nSPS) is 15.4. The summed E-state index contributed by atoms with van der Waals surface area (Å²) in [6, 6.07) is 20.8. The van der Waals surface area contributed by atoms with Crippen LogP contribution in [0.1, 0.15) is 18.4 Å². The second-order valence-electron chi connectivity index (χ2n) is 8.60. The van der Waals surface area contributed by atoms with Gasteiger partial charge in [0, 0.05) is 48.5 Å². The van der Waals surface area contributed by atoms with Gasteiger partial charge in [0.1, 0.15) is 13.7 Å². The van der Waals surface area contributed by atoms with Crippen molar-refractivity contribution >= 4 is 42.5 Å². The minimum Gasteiger partial charge on any atom is -0.367 e. The van der Waals surface area contributed by atoms with Gasteiger partial charge in [-0.25, -0.2) is 4.98 Å². The van der Waals surface area contributed by atoms with Crippen LogP contribution in [0.2, 0.25) is 5.02 Å². The van der Waals surface area contributed by atoms with Crippen LogP contribution in [0.5, 0.6) is 0 Å². The fourth-order valence-electron chi connectivity index (χ4n) is 4.35. The molecule has 0 bridgehead atoms. The van der Waals surface area contributed by atoms with Crippen LogP contribution < -0.4 is 10.8 Å². The highest BCUT2D eigenvalue weighted by Gasteiger charge is 2.20. The number of nitrogens with zero attached hydrogens (tertiary/aromatic N) is 4. The quantitative estimate of drug-likeness (QED) is 0.448. The number of benzene rings is 2. The van der Waals surface area contributed by atoms with Gasteiger partial charge >= 0.3 is 0 Å². The van der Waals surface area contributed by atoms with Gasteiger partial charge in [-0.2, -0.15) is 9.61 Å². The number of aromatic nitrogens is 3. The maximum absolute atomic E-state index is 6.47. The van der Waals surface area contributed by atoms with Gasteiger partial charge in [0.25, 0.3) is 0 Å². The molecule has 1 saturated heterocycles. The van der Waals surface area contributed by atoms with E-state index in [1.807, 2.05) is 48.9 Å². The number of hydrogen-bond acceptors (Lipinski definition) is 4. The maximum atomic E-state index is 6.47. The van der Waals surface area contributed by atoms with Crippen LogP contribution in [0.4, 0.5) is 5.82 Å². The van der Waals surface area contributed by atoms with E-state index in [-0.39, 0.29) is 0 Å². The molecule has 0 unspecified atom stereocenters. The third-order valence-electron chi connectivity index (χ3n) is 6.21. The fraction of sp³-hybridized carbons (Fsp3) is 0.231. The van der Waals surface area contributed by atoms with Crippen LogP contribution in [-0.2, 0) is 0 Å². The van der Waals surface area contributed by atoms with Gasteiger partial charge in [-0.05, 0) is 29.9 Å². The van der Waals surface area contributed by atoms with Crippen LogP contribution in [0.15, 0.2) is 72.9 Å². The summed E-state index contributed by atoms with van der Waals surface area (Å²) in [5.74, 6) is 0.963. The summed E-state index contributed by atoms with van der Waals surface area (Å²) in [6.07, 6.45) is 8.51. The molecule has 0 radical (unpaired) electrons. The highest BCUT2D eigenvalue weighted by Crippen LogP contribution is 2.29. The van der Waals surface area contributed by atoms with Crippen LogP contribution >= 0.6 is 11.6 Å². The number of nitrogens with one attached hydrogen (secondary N) is 1. The van der Waals surface area contributed by atoms with E-state index in [0.29, 0.717) is 11.1 Å². The first-order valence-electron chi connectivity index (χ1n) is 11.5. The molecule has 5 nitrogen and oxygen atoms in total. The topological polar surface area (TPSA) is 45.5 Å². The molecule has 1 aliphatic heterocycles. The molecular weight excluding hydrogens is 429 g/mol. The van der Waals surface area contributed by atoms with Crippen molar-refractivity contribution in [3.63, 3.8) is 0 Å². The Balaban J connectivity index is 1.28. The molecule has 7 heteroatoms.